The molecule has 1 N–H and O–H groups in total. The Bertz CT molecular complexity index is 1210. The summed E-state index contributed by atoms with van der Waals surface area (Å²) in [6.45, 7) is 6.52. The topological polar surface area (TPSA) is 71.6 Å². The molecular formula is C24H29ClN6O2. The van der Waals surface area contributed by atoms with Crippen LogP contribution in [-0.4, -0.2) is 80.6 Å². The van der Waals surface area contributed by atoms with E-state index in [1.807, 2.05) is 23.1 Å². The lowest BCUT2D eigenvalue weighted by atomic mass is 9.50. The van der Waals surface area contributed by atoms with E-state index in [1.165, 1.54) is 19.3 Å². The van der Waals surface area contributed by atoms with Crippen LogP contribution in [0.3, 0.4) is 0 Å². The lowest BCUT2D eigenvalue weighted by Gasteiger charge is -2.61. The monoisotopic (exact) mass is 468 g/mol. The van der Waals surface area contributed by atoms with Gasteiger partial charge in [-0.3, -0.25) is 9.58 Å². The number of hydrogen-bond acceptors (Lipinski definition) is 6. The lowest BCUT2D eigenvalue weighted by Crippen LogP contribution is -2.60. The van der Waals surface area contributed by atoms with Crippen LogP contribution < -0.4 is 4.90 Å². The third-order valence-electron chi connectivity index (χ3n) is 8.67. The Morgan fingerprint density at radius 2 is 1.88 bits per heavy atom. The minimum atomic E-state index is -0.440. The number of piperazine rings is 1. The van der Waals surface area contributed by atoms with E-state index in [4.69, 9.17) is 16.3 Å². The minimum absolute atomic E-state index is 0.272. The van der Waals surface area contributed by atoms with Crippen LogP contribution in [0.25, 0.3) is 16.6 Å². The van der Waals surface area contributed by atoms with Gasteiger partial charge < -0.3 is 14.7 Å². The van der Waals surface area contributed by atoms with E-state index in [-0.39, 0.29) is 11.1 Å². The number of benzene rings is 1. The number of aliphatic hydroxyl groups excluding tert-OH is 1. The van der Waals surface area contributed by atoms with Gasteiger partial charge in [0.15, 0.2) is 0 Å². The first-order valence-electron chi connectivity index (χ1n) is 11.9. The molecule has 2 atom stereocenters. The second-order valence-corrected chi connectivity index (χ2v) is 11.0. The molecule has 3 saturated carbocycles. The van der Waals surface area contributed by atoms with E-state index in [0.29, 0.717) is 13.2 Å². The first-order valence-corrected chi connectivity index (χ1v) is 12.3. The average molecular weight is 469 g/mol. The zero-order valence-electron chi connectivity index (χ0n) is 18.8. The second-order valence-electron chi connectivity index (χ2n) is 10.6. The van der Waals surface area contributed by atoms with Gasteiger partial charge in [-0.25, -0.2) is 4.68 Å². The Labute approximate surface area is 197 Å². The molecule has 5 fully saturated rings. The molecule has 3 aliphatic carbocycles. The molecular weight excluding hydrogens is 440 g/mol. The smallest absolute Gasteiger partial charge is 0.103 e. The average Bonchev–Trinajstić information content (AvgIpc) is 3.45. The molecule has 2 aromatic heterocycles. The van der Waals surface area contributed by atoms with Crippen LogP contribution in [0.15, 0.2) is 30.7 Å². The van der Waals surface area contributed by atoms with E-state index < -0.39 is 6.10 Å². The van der Waals surface area contributed by atoms with Crippen molar-refractivity contribution < 1.29 is 9.84 Å². The molecule has 9 heteroatoms. The van der Waals surface area contributed by atoms with Crippen LogP contribution in [0.4, 0.5) is 5.69 Å². The molecule has 5 aliphatic rings. The van der Waals surface area contributed by atoms with Crippen molar-refractivity contribution in [1.82, 2.24) is 24.5 Å². The van der Waals surface area contributed by atoms with Crippen LogP contribution >= 0.6 is 11.6 Å². The van der Waals surface area contributed by atoms with Gasteiger partial charge in [0.2, 0.25) is 0 Å². The van der Waals surface area contributed by atoms with Crippen molar-refractivity contribution >= 4 is 28.2 Å². The van der Waals surface area contributed by atoms with E-state index in [1.54, 1.807) is 0 Å². The molecule has 0 radical (unpaired) electrons. The van der Waals surface area contributed by atoms with Gasteiger partial charge in [0.25, 0.3) is 0 Å². The number of nitrogens with zero attached hydrogens (tertiary/aromatic N) is 6. The van der Waals surface area contributed by atoms with Gasteiger partial charge >= 0.3 is 0 Å². The van der Waals surface area contributed by atoms with Crippen molar-refractivity contribution in [2.45, 2.75) is 43.4 Å². The fourth-order valence-corrected chi connectivity index (χ4v) is 6.58. The normalized spacial score (nSPS) is 34.0. The number of hydrogen-bond donors (Lipinski definition) is 1. The fraction of sp³-hybridized carbons (Fsp3) is 0.583. The number of rotatable bonds is 4. The fourth-order valence-electron chi connectivity index (χ4n) is 6.29. The predicted molar refractivity (Wildman–Crippen MR) is 126 cm³/mol. The summed E-state index contributed by atoms with van der Waals surface area (Å²) in [5.74, 6) is 0.917. The molecule has 2 bridgehead atoms. The van der Waals surface area contributed by atoms with Crippen molar-refractivity contribution in [2.24, 2.45) is 5.92 Å². The molecule has 8 nitrogen and oxygen atoms in total. The Balaban J connectivity index is 1.16. The van der Waals surface area contributed by atoms with Gasteiger partial charge in [0, 0.05) is 31.6 Å². The summed E-state index contributed by atoms with van der Waals surface area (Å²) in [5.41, 5.74) is 3.04. The minimum Gasteiger partial charge on any atom is -0.389 e. The number of aromatic nitrogens is 4. The van der Waals surface area contributed by atoms with Gasteiger partial charge in [-0.15, -0.1) is 0 Å². The molecule has 1 aromatic carbocycles. The summed E-state index contributed by atoms with van der Waals surface area (Å²) in [7, 11) is 0. The molecule has 2 saturated heterocycles. The van der Waals surface area contributed by atoms with E-state index in [0.717, 1.165) is 59.4 Å². The Hall–Kier alpha value is -2.13. The van der Waals surface area contributed by atoms with Crippen molar-refractivity contribution in [3.8, 4) is 5.69 Å². The number of ether oxygens (including phenoxy) is 1. The standard InChI is InChI=1S/C24H29ClN6O2/c1-23(15-33-14-22(23)32)29-4-2-28(3-5-29)21-7-20-17(6-19(21)25)11-27-31(20)18-12-26-30(13-18)24-8-16(9-24)10-24/h6-7,11-13,16,22,32H,2-5,8-10,14-15H2,1H3/t16?,22-,23?,24?/m0/s1. The number of fused-ring (bicyclic) bond motifs is 1. The maximum atomic E-state index is 10.4. The maximum absolute atomic E-state index is 10.4. The van der Waals surface area contributed by atoms with Crippen molar-refractivity contribution in [3.05, 3.63) is 35.7 Å². The molecule has 0 spiro atoms. The summed E-state index contributed by atoms with van der Waals surface area (Å²) in [4.78, 5) is 4.70. The van der Waals surface area contributed by atoms with Crippen LogP contribution in [-0.2, 0) is 10.3 Å². The van der Waals surface area contributed by atoms with Gasteiger partial charge in [0.05, 0.1) is 65.2 Å². The van der Waals surface area contributed by atoms with Gasteiger partial charge in [0.1, 0.15) is 5.69 Å². The highest BCUT2D eigenvalue weighted by molar-refractivity contribution is 6.34. The predicted octanol–water partition coefficient (Wildman–Crippen LogP) is 2.66. The largest absolute Gasteiger partial charge is 0.389 e. The lowest BCUT2D eigenvalue weighted by molar-refractivity contribution is -0.0977. The molecule has 2 aliphatic heterocycles. The maximum Gasteiger partial charge on any atom is 0.103 e. The Morgan fingerprint density at radius 3 is 2.55 bits per heavy atom. The molecule has 1 unspecified atom stereocenters. The zero-order chi connectivity index (χ0) is 22.4. The van der Waals surface area contributed by atoms with Crippen molar-refractivity contribution in [3.63, 3.8) is 0 Å². The first-order chi connectivity index (χ1) is 16.0. The summed E-state index contributed by atoms with van der Waals surface area (Å²) >= 11 is 6.73. The molecule has 3 aromatic rings. The molecule has 0 amide bonds. The number of anilines is 1. The highest BCUT2D eigenvalue weighted by Crippen LogP contribution is 2.62. The van der Waals surface area contributed by atoms with Crippen LogP contribution in [0.2, 0.25) is 5.02 Å². The molecule has 33 heavy (non-hydrogen) atoms. The van der Waals surface area contributed by atoms with E-state index >= 15 is 0 Å². The van der Waals surface area contributed by atoms with Gasteiger partial charge in [-0.2, -0.15) is 10.2 Å². The van der Waals surface area contributed by atoms with Crippen LogP contribution in [0, 0.1) is 5.92 Å². The molecule has 174 valence electrons. The van der Waals surface area contributed by atoms with Crippen LogP contribution in [0.1, 0.15) is 26.2 Å². The van der Waals surface area contributed by atoms with E-state index in [9.17, 15) is 5.11 Å². The summed E-state index contributed by atoms with van der Waals surface area (Å²) < 4.78 is 9.68. The zero-order valence-corrected chi connectivity index (χ0v) is 19.6. The third kappa shape index (κ3) is 2.87. The summed E-state index contributed by atoms with van der Waals surface area (Å²) in [5, 5.41) is 21.5. The SMILES string of the molecule is CC1(N2CCN(c3cc4c(cnn4-c4cnn(C56CC(C5)C6)c4)cc3Cl)CC2)COC[C@@H]1O. The quantitative estimate of drug-likeness (QED) is 0.634. The highest BCUT2D eigenvalue weighted by atomic mass is 35.5. The Morgan fingerprint density at radius 1 is 1.09 bits per heavy atom. The summed E-state index contributed by atoms with van der Waals surface area (Å²) in [6.07, 6.45) is 9.31. The number of halogens is 1. The Kier molecular flexibility index (Phi) is 4.26. The molecule has 4 heterocycles. The van der Waals surface area contributed by atoms with Gasteiger partial charge in [-0.05, 0) is 44.2 Å². The van der Waals surface area contributed by atoms with Gasteiger partial charge in [-0.1, -0.05) is 11.6 Å². The number of aliphatic hydroxyl groups is 1. The van der Waals surface area contributed by atoms with Crippen molar-refractivity contribution in [2.75, 3.05) is 44.3 Å². The second kappa shape index (κ2) is 6.95. The highest BCUT2D eigenvalue weighted by Gasteiger charge is 2.58. The molecule has 8 rings (SSSR count). The van der Waals surface area contributed by atoms with Crippen molar-refractivity contribution in [1.29, 1.82) is 0 Å². The third-order valence-corrected chi connectivity index (χ3v) is 8.98. The first kappa shape index (κ1) is 20.3. The van der Waals surface area contributed by atoms with E-state index in [2.05, 4.69) is 43.9 Å². The van der Waals surface area contributed by atoms with Crippen LogP contribution in [0.5, 0.6) is 0 Å². The summed E-state index contributed by atoms with van der Waals surface area (Å²) in [6, 6.07) is 4.18.